The monoisotopic (exact) mass is 286 g/mol. The Morgan fingerprint density at radius 1 is 1.00 bits per heavy atom. The normalized spacial score (nSPS) is 13.4. The molecule has 2 nitrogen and oxygen atoms in total. The van der Waals surface area contributed by atoms with Crippen molar-refractivity contribution in [3.05, 3.63) is 67.0 Å². The lowest BCUT2D eigenvalue weighted by atomic mass is 10.2. The van der Waals surface area contributed by atoms with Crippen molar-refractivity contribution in [2.24, 2.45) is 0 Å². The van der Waals surface area contributed by atoms with Gasteiger partial charge in [-0.1, -0.05) is 30.3 Å². The van der Waals surface area contributed by atoms with E-state index >= 15 is 0 Å². The fourth-order valence-electron chi connectivity index (χ4n) is 2.19. The van der Waals surface area contributed by atoms with Gasteiger partial charge in [0.25, 0.3) is 0 Å². The number of anilines is 3. The van der Waals surface area contributed by atoms with Gasteiger partial charge in [0.15, 0.2) is 0 Å². The summed E-state index contributed by atoms with van der Waals surface area (Å²) in [5.41, 5.74) is 2.72. The van der Waals surface area contributed by atoms with Crippen LogP contribution in [0.5, 0.6) is 0 Å². The van der Waals surface area contributed by atoms with Gasteiger partial charge in [-0.3, -0.25) is 8.61 Å². The van der Waals surface area contributed by atoms with Gasteiger partial charge in [0.2, 0.25) is 0 Å². The third kappa shape index (κ3) is 2.27. The van der Waals surface area contributed by atoms with E-state index in [1.54, 1.807) is 12.1 Å². The van der Waals surface area contributed by atoms with Crippen LogP contribution in [0.4, 0.5) is 21.5 Å². The van der Waals surface area contributed by atoms with E-state index in [2.05, 4.69) is 17.0 Å². The van der Waals surface area contributed by atoms with Crippen molar-refractivity contribution in [1.82, 2.24) is 0 Å². The van der Waals surface area contributed by atoms with Gasteiger partial charge in [0.05, 0.1) is 29.2 Å². The first-order valence-electron chi connectivity index (χ1n) is 6.51. The number of fused-ring (bicyclic) bond motifs is 1. The maximum Gasteiger partial charge on any atom is 0.147 e. The number of para-hydroxylation sites is 3. The standard InChI is InChI=1S/C16H15FN2S/c1-2-3-12-18-15-10-6-7-11-16(15)19(20-18)14-9-5-4-8-13(14)17/h2,4-11H,1,3,12H2. The van der Waals surface area contributed by atoms with Crippen LogP contribution in [-0.2, 0) is 0 Å². The Labute approximate surface area is 122 Å². The van der Waals surface area contributed by atoms with E-state index in [1.165, 1.54) is 18.2 Å². The zero-order chi connectivity index (χ0) is 13.9. The summed E-state index contributed by atoms with van der Waals surface area (Å²) in [6.45, 7) is 4.62. The van der Waals surface area contributed by atoms with Gasteiger partial charge >= 0.3 is 0 Å². The lowest BCUT2D eigenvalue weighted by Gasteiger charge is -2.19. The summed E-state index contributed by atoms with van der Waals surface area (Å²) >= 11 is 1.53. The zero-order valence-electron chi connectivity index (χ0n) is 11.0. The highest BCUT2D eigenvalue weighted by molar-refractivity contribution is 8.02. The van der Waals surface area contributed by atoms with E-state index in [4.69, 9.17) is 0 Å². The van der Waals surface area contributed by atoms with Gasteiger partial charge in [-0.2, -0.15) is 0 Å². The van der Waals surface area contributed by atoms with Crippen LogP contribution in [0, 0.1) is 5.82 Å². The molecule has 1 heterocycles. The first kappa shape index (κ1) is 13.1. The molecule has 0 N–H and O–H groups in total. The summed E-state index contributed by atoms with van der Waals surface area (Å²) in [4.78, 5) is 0. The molecule has 0 saturated carbocycles. The fourth-order valence-corrected chi connectivity index (χ4v) is 3.30. The summed E-state index contributed by atoms with van der Waals surface area (Å²) in [6, 6.07) is 14.9. The molecule has 0 atom stereocenters. The van der Waals surface area contributed by atoms with Gasteiger partial charge in [0, 0.05) is 6.54 Å². The number of nitrogens with zero attached hydrogens (tertiary/aromatic N) is 2. The van der Waals surface area contributed by atoms with Crippen LogP contribution in [0.2, 0.25) is 0 Å². The molecule has 0 fully saturated rings. The molecule has 3 rings (SSSR count). The van der Waals surface area contributed by atoms with Crippen LogP contribution in [0.25, 0.3) is 0 Å². The van der Waals surface area contributed by atoms with Crippen molar-refractivity contribution in [2.75, 3.05) is 15.2 Å². The topological polar surface area (TPSA) is 6.48 Å². The van der Waals surface area contributed by atoms with E-state index < -0.39 is 0 Å². The third-order valence-electron chi connectivity index (χ3n) is 3.16. The molecule has 102 valence electrons. The first-order chi connectivity index (χ1) is 9.81. The van der Waals surface area contributed by atoms with E-state index in [1.807, 2.05) is 34.6 Å². The predicted molar refractivity (Wildman–Crippen MR) is 84.7 cm³/mol. The quantitative estimate of drug-likeness (QED) is 0.581. The van der Waals surface area contributed by atoms with E-state index in [0.29, 0.717) is 5.69 Å². The van der Waals surface area contributed by atoms with Crippen LogP contribution < -0.4 is 8.61 Å². The Bertz CT molecular complexity index is 629. The van der Waals surface area contributed by atoms with Crippen LogP contribution in [-0.4, -0.2) is 6.54 Å². The molecular weight excluding hydrogens is 271 g/mol. The predicted octanol–water partition coefficient (Wildman–Crippen LogP) is 4.92. The number of hydrogen-bond donors (Lipinski definition) is 0. The van der Waals surface area contributed by atoms with Crippen molar-refractivity contribution >= 4 is 29.2 Å². The Balaban J connectivity index is 1.99. The van der Waals surface area contributed by atoms with Crippen molar-refractivity contribution < 1.29 is 4.39 Å². The van der Waals surface area contributed by atoms with Gasteiger partial charge < -0.3 is 0 Å². The Kier molecular flexibility index (Phi) is 3.65. The summed E-state index contributed by atoms with van der Waals surface area (Å²) in [6.07, 6.45) is 2.79. The Morgan fingerprint density at radius 3 is 2.35 bits per heavy atom. The van der Waals surface area contributed by atoms with Crippen LogP contribution in [0.1, 0.15) is 6.42 Å². The number of rotatable bonds is 4. The first-order valence-corrected chi connectivity index (χ1v) is 7.24. The molecule has 0 saturated heterocycles. The molecule has 0 radical (unpaired) electrons. The molecule has 0 spiro atoms. The molecule has 0 amide bonds. The molecule has 2 aromatic carbocycles. The molecule has 1 aliphatic rings. The summed E-state index contributed by atoms with van der Waals surface area (Å²) in [7, 11) is 0. The van der Waals surface area contributed by atoms with Gasteiger partial charge in [0.1, 0.15) is 5.82 Å². The molecular formula is C16H15FN2S. The van der Waals surface area contributed by atoms with Crippen molar-refractivity contribution in [1.29, 1.82) is 0 Å². The highest BCUT2D eigenvalue weighted by atomic mass is 32.2. The average molecular weight is 286 g/mol. The average Bonchev–Trinajstić information content (AvgIpc) is 2.84. The maximum atomic E-state index is 14.0. The smallest absolute Gasteiger partial charge is 0.147 e. The fraction of sp³-hybridized carbons (Fsp3) is 0.125. The SMILES string of the molecule is C=CCCN1SN(c2ccccc2F)c2ccccc21. The molecule has 2 aromatic rings. The van der Waals surface area contributed by atoms with E-state index in [-0.39, 0.29) is 5.82 Å². The second-order valence-electron chi connectivity index (χ2n) is 4.50. The van der Waals surface area contributed by atoms with E-state index in [0.717, 1.165) is 24.3 Å². The largest absolute Gasteiger partial charge is 0.296 e. The molecule has 0 bridgehead atoms. The molecule has 4 heteroatoms. The van der Waals surface area contributed by atoms with Gasteiger partial charge in [-0.15, -0.1) is 6.58 Å². The third-order valence-corrected chi connectivity index (χ3v) is 4.29. The molecule has 0 aromatic heterocycles. The molecule has 20 heavy (non-hydrogen) atoms. The van der Waals surface area contributed by atoms with Crippen molar-refractivity contribution in [2.45, 2.75) is 6.42 Å². The molecule has 1 aliphatic heterocycles. The number of halogens is 1. The number of benzene rings is 2. The van der Waals surface area contributed by atoms with Crippen molar-refractivity contribution in [3.63, 3.8) is 0 Å². The van der Waals surface area contributed by atoms with E-state index in [9.17, 15) is 4.39 Å². The second kappa shape index (κ2) is 5.59. The maximum absolute atomic E-state index is 14.0. The summed E-state index contributed by atoms with van der Waals surface area (Å²) in [5.74, 6) is -0.208. The van der Waals surface area contributed by atoms with Crippen LogP contribution in [0.3, 0.4) is 0 Å². The molecule has 0 unspecified atom stereocenters. The Hall–Kier alpha value is -1.94. The molecule has 0 aliphatic carbocycles. The second-order valence-corrected chi connectivity index (χ2v) is 5.46. The lowest BCUT2D eigenvalue weighted by Crippen LogP contribution is -2.14. The summed E-state index contributed by atoms with van der Waals surface area (Å²) < 4.78 is 18.1. The van der Waals surface area contributed by atoms with Crippen LogP contribution >= 0.6 is 12.1 Å². The van der Waals surface area contributed by atoms with Gasteiger partial charge in [-0.25, -0.2) is 4.39 Å². The Morgan fingerprint density at radius 2 is 1.65 bits per heavy atom. The zero-order valence-corrected chi connectivity index (χ0v) is 11.8. The minimum atomic E-state index is -0.208. The lowest BCUT2D eigenvalue weighted by molar-refractivity contribution is 0.630. The highest BCUT2D eigenvalue weighted by Gasteiger charge is 2.29. The minimum absolute atomic E-state index is 0.208. The minimum Gasteiger partial charge on any atom is -0.296 e. The van der Waals surface area contributed by atoms with Gasteiger partial charge in [-0.05, 0) is 30.7 Å². The van der Waals surface area contributed by atoms with Crippen molar-refractivity contribution in [3.8, 4) is 0 Å². The van der Waals surface area contributed by atoms with Crippen LogP contribution in [0.15, 0.2) is 61.2 Å². The highest BCUT2D eigenvalue weighted by Crippen LogP contribution is 2.49. The number of hydrogen-bond acceptors (Lipinski definition) is 3. The summed E-state index contributed by atoms with van der Waals surface area (Å²) in [5, 5.41) is 0.